The minimum Gasteiger partial charge on any atom is -0.381 e. The number of rotatable bonds is 0. The summed E-state index contributed by atoms with van der Waals surface area (Å²) in [5.74, 6) is 5.57. The van der Waals surface area contributed by atoms with Gasteiger partial charge < -0.3 is 5.11 Å². The van der Waals surface area contributed by atoms with Gasteiger partial charge in [-0.1, -0.05) is 11.8 Å². The molecular formula is C11H10N2O. The second kappa shape index (κ2) is 3.52. The second-order valence-electron chi connectivity index (χ2n) is 3.12. The average molecular weight is 186 g/mol. The third-order valence-electron chi connectivity index (χ3n) is 1.87. The summed E-state index contributed by atoms with van der Waals surface area (Å²) >= 11 is 0. The van der Waals surface area contributed by atoms with E-state index in [0.29, 0.717) is 0 Å². The molecule has 1 heterocycles. The Hall–Kier alpha value is -1.79. The van der Waals surface area contributed by atoms with Crippen molar-refractivity contribution in [3.05, 3.63) is 30.0 Å². The van der Waals surface area contributed by atoms with Crippen molar-refractivity contribution in [2.24, 2.45) is 0 Å². The van der Waals surface area contributed by atoms with Gasteiger partial charge in [-0.05, 0) is 25.1 Å². The summed E-state index contributed by atoms with van der Waals surface area (Å²) in [5.41, 5.74) is 1.84. The molecule has 3 nitrogen and oxygen atoms in total. The third kappa shape index (κ3) is 1.76. The number of aliphatic hydroxyl groups excluding tert-OH is 1. The first kappa shape index (κ1) is 8.79. The van der Waals surface area contributed by atoms with Crippen LogP contribution in [-0.4, -0.2) is 21.4 Å². The molecule has 0 saturated carbocycles. The Morgan fingerprint density at radius 3 is 3.14 bits per heavy atom. The molecule has 2 N–H and O–H groups in total. The molecule has 0 aliphatic carbocycles. The number of H-pyrrole nitrogens is 1. The lowest BCUT2D eigenvalue weighted by Gasteiger charge is -1.91. The van der Waals surface area contributed by atoms with E-state index in [9.17, 15) is 0 Å². The van der Waals surface area contributed by atoms with Crippen LogP contribution >= 0.6 is 0 Å². The molecule has 0 aliphatic heterocycles. The van der Waals surface area contributed by atoms with E-state index in [1.54, 1.807) is 13.1 Å². The van der Waals surface area contributed by atoms with Gasteiger partial charge in [0.1, 0.15) is 6.10 Å². The van der Waals surface area contributed by atoms with Crippen molar-refractivity contribution in [2.75, 3.05) is 0 Å². The normalized spacial score (nSPS) is 12.1. The summed E-state index contributed by atoms with van der Waals surface area (Å²) in [7, 11) is 0. The third-order valence-corrected chi connectivity index (χ3v) is 1.87. The molecule has 2 rings (SSSR count). The van der Waals surface area contributed by atoms with Crippen LogP contribution in [0.2, 0.25) is 0 Å². The Kier molecular flexibility index (Phi) is 2.21. The molecule has 0 aliphatic rings. The first-order valence-electron chi connectivity index (χ1n) is 4.38. The Morgan fingerprint density at radius 1 is 1.50 bits per heavy atom. The zero-order chi connectivity index (χ0) is 9.97. The Balaban J connectivity index is 2.41. The fraction of sp³-hybridized carbons (Fsp3) is 0.182. The maximum atomic E-state index is 8.99. The van der Waals surface area contributed by atoms with Crippen molar-refractivity contribution >= 4 is 10.9 Å². The van der Waals surface area contributed by atoms with Crippen LogP contribution in [0.4, 0.5) is 0 Å². The van der Waals surface area contributed by atoms with E-state index in [1.807, 2.05) is 18.2 Å². The van der Waals surface area contributed by atoms with E-state index in [-0.39, 0.29) is 0 Å². The highest BCUT2D eigenvalue weighted by Gasteiger charge is 1.95. The van der Waals surface area contributed by atoms with E-state index >= 15 is 0 Å². The molecule has 70 valence electrons. The van der Waals surface area contributed by atoms with Crippen LogP contribution in [0.3, 0.4) is 0 Å². The molecule has 0 bridgehead atoms. The van der Waals surface area contributed by atoms with E-state index < -0.39 is 6.10 Å². The quantitative estimate of drug-likeness (QED) is 0.609. The van der Waals surface area contributed by atoms with Gasteiger partial charge in [0.05, 0.1) is 11.7 Å². The van der Waals surface area contributed by atoms with Crippen LogP contribution in [-0.2, 0) is 0 Å². The van der Waals surface area contributed by atoms with E-state index in [1.165, 1.54) is 0 Å². The van der Waals surface area contributed by atoms with Crippen molar-refractivity contribution in [1.29, 1.82) is 0 Å². The van der Waals surface area contributed by atoms with E-state index in [0.717, 1.165) is 16.5 Å². The summed E-state index contributed by atoms with van der Waals surface area (Å²) in [5, 5.41) is 16.8. The maximum absolute atomic E-state index is 8.99. The average Bonchev–Trinajstić information content (AvgIpc) is 2.61. The Labute approximate surface area is 81.8 Å². The van der Waals surface area contributed by atoms with Gasteiger partial charge in [0.25, 0.3) is 0 Å². The molecule has 14 heavy (non-hydrogen) atoms. The standard InChI is InChI=1S/C11H10N2O/c1-8(14)2-3-9-4-5-10-7-12-13-11(10)6-9/h4-8,14H,1H3,(H,12,13). The number of aliphatic hydroxyl groups is 1. The second-order valence-corrected chi connectivity index (χ2v) is 3.12. The van der Waals surface area contributed by atoms with Gasteiger partial charge in [-0.3, -0.25) is 5.10 Å². The molecule has 0 radical (unpaired) electrons. The van der Waals surface area contributed by atoms with Crippen LogP contribution in [0.15, 0.2) is 24.4 Å². The Morgan fingerprint density at radius 2 is 2.36 bits per heavy atom. The SMILES string of the molecule is CC(O)C#Cc1ccc2cn[nH]c2c1. The monoisotopic (exact) mass is 186 g/mol. The first-order valence-corrected chi connectivity index (χ1v) is 4.38. The largest absolute Gasteiger partial charge is 0.381 e. The molecule has 1 unspecified atom stereocenters. The highest BCUT2D eigenvalue weighted by atomic mass is 16.3. The zero-order valence-electron chi connectivity index (χ0n) is 7.78. The molecule has 2 aromatic rings. The van der Waals surface area contributed by atoms with Crippen molar-refractivity contribution in [2.45, 2.75) is 13.0 Å². The fourth-order valence-electron chi connectivity index (χ4n) is 1.20. The topological polar surface area (TPSA) is 48.9 Å². The molecule has 0 saturated heterocycles. The first-order chi connectivity index (χ1) is 6.75. The molecule has 1 aromatic heterocycles. The number of hydrogen-bond acceptors (Lipinski definition) is 2. The maximum Gasteiger partial charge on any atom is 0.112 e. The van der Waals surface area contributed by atoms with Gasteiger partial charge >= 0.3 is 0 Å². The molecule has 0 fully saturated rings. The van der Waals surface area contributed by atoms with Crippen LogP contribution in [0, 0.1) is 11.8 Å². The summed E-state index contributed by atoms with van der Waals surface area (Å²) in [6.07, 6.45) is 1.17. The van der Waals surface area contributed by atoms with Crippen LogP contribution in [0.1, 0.15) is 12.5 Å². The number of aromatic nitrogens is 2. The highest BCUT2D eigenvalue weighted by molar-refractivity contribution is 5.79. The van der Waals surface area contributed by atoms with E-state index in [4.69, 9.17) is 5.11 Å². The summed E-state index contributed by atoms with van der Waals surface area (Å²) in [6.45, 7) is 1.64. The minimum absolute atomic E-state index is 0.590. The number of nitrogens with zero attached hydrogens (tertiary/aromatic N) is 1. The molecular weight excluding hydrogens is 176 g/mol. The van der Waals surface area contributed by atoms with Gasteiger partial charge in [0, 0.05) is 10.9 Å². The lowest BCUT2D eigenvalue weighted by Crippen LogP contribution is -1.92. The molecule has 1 atom stereocenters. The highest BCUT2D eigenvalue weighted by Crippen LogP contribution is 2.11. The minimum atomic E-state index is -0.590. The van der Waals surface area contributed by atoms with Crippen LogP contribution in [0.25, 0.3) is 10.9 Å². The fourth-order valence-corrected chi connectivity index (χ4v) is 1.20. The predicted molar refractivity (Wildman–Crippen MR) is 54.7 cm³/mol. The number of benzene rings is 1. The predicted octanol–water partition coefficient (Wildman–Crippen LogP) is 1.30. The van der Waals surface area contributed by atoms with Gasteiger partial charge in [0.15, 0.2) is 0 Å². The number of hydrogen-bond donors (Lipinski definition) is 2. The number of fused-ring (bicyclic) bond motifs is 1. The summed E-state index contributed by atoms with van der Waals surface area (Å²) in [6, 6.07) is 5.77. The van der Waals surface area contributed by atoms with Crippen molar-refractivity contribution in [3.63, 3.8) is 0 Å². The summed E-state index contributed by atoms with van der Waals surface area (Å²) in [4.78, 5) is 0. The van der Waals surface area contributed by atoms with Gasteiger partial charge in [-0.15, -0.1) is 0 Å². The van der Waals surface area contributed by atoms with Gasteiger partial charge in [-0.2, -0.15) is 5.10 Å². The van der Waals surface area contributed by atoms with Gasteiger partial charge in [-0.25, -0.2) is 0 Å². The smallest absolute Gasteiger partial charge is 0.112 e. The lowest BCUT2D eigenvalue weighted by atomic mass is 10.1. The van der Waals surface area contributed by atoms with Crippen LogP contribution in [0.5, 0.6) is 0 Å². The van der Waals surface area contributed by atoms with Crippen molar-refractivity contribution < 1.29 is 5.11 Å². The van der Waals surface area contributed by atoms with Crippen molar-refractivity contribution in [1.82, 2.24) is 10.2 Å². The van der Waals surface area contributed by atoms with Crippen LogP contribution < -0.4 is 0 Å². The number of aromatic amines is 1. The zero-order valence-corrected chi connectivity index (χ0v) is 7.78. The van der Waals surface area contributed by atoms with Gasteiger partial charge in [0.2, 0.25) is 0 Å². The van der Waals surface area contributed by atoms with E-state index in [2.05, 4.69) is 22.0 Å². The number of nitrogens with one attached hydrogen (secondary N) is 1. The lowest BCUT2D eigenvalue weighted by molar-refractivity contribution is 0.253. The molecule has 1 aromatic carbocycles. The summed E-state index contributed by atoms with van der Waals surface area (Å²) < 4.78 is 0. The molecule has 0 spiro atoms. The van der Waals surface area contributed by atoms with Crippen molar-refractivity contribution in [3.8, 4) is 11.8 Å². The molecule has 3 heteroatoms. The Bertz CT molecular complexity index is 502. The molecule has 0 amide bonds.